The topological polar surface area (TPSA) is 109 Å². The number of nitrogens with zero attached hydrogens (tertiary/aromatic N) is 8. The minimum atomic E-state index is -0.00169. The van der Waals surface area contributed by atoms with Gasteiger partial charge in [-0.25, -0.2) is 9.97 Å². The van der Waals surface area contributed by atoms with E-state index in [9.17, 15) is 14.7 Å². The Morgan fingerprint density at radius 1 is 0.540 bits per heavy atom. The quantitative estimate of drug-likeness (QED) is 0.155. The summed E-state index contributed by atoms with van der Waals surface area (Å²) >= 11 is 0. The zero-order valence-electron chi connectivity index (χ0n) is 36.9. The third-order valence-electron chi connectivity index (χ3n) is 12.8. The lowest BCUT2D eigenvalue weighted by molar-refractivity contribution is -0.133. The summed E-state index contributed by atoms with van der Waals surface area (Å²) in [6, 6.07) is 34.7. The van der Waals surface area contributed by atoms with Crippen LogP contribution in [0.25, 0.3) is 0 Å². The van der Waals surface area contributed by atoms with Crippen molar-refractivity contribution in [3.63, 3.8) is 0 Å². The van der Waals surface area contributed by atoms with Crippen molar-refractivity contribution in [2.24, 2.45) is 0 Å². The van der Waals surface area contributed by atoms with Crippen LogP contribution in [0.3, 0.4) is 0 Å². The van der Waals surface area contributed by atoms with Crippen LogP contribution in [-0.2, 0) is 29.3 Å². The summed E-state index contributed by atoms with van der Waals surface area (Å²) in [6.07, 6.45) is 7.14. The zero-order chi connectivity index (χ0) is 43.5. The molecule has 2 amide bonds. The molecule has 4 fully saturated rings. The van der Waals surface area contributed by atoms with E-state index >= 15 is 0 Å². The van der Waals surface area contributed by atoms with Gasteiger partial charge in [-0.2, -0.15) is 0 Å². The highest BCUT2D eigenvalue weighted by Crippen LogP contribution is 2.25. The molecule has 1 N–H and O–H groups in total. The highest BCUT2D eigenvalue weighted by molar-refractivity contribution is 5.84. The number of ether oxygens (including phenoxy) is 1. The average Bonchev–Trinajstić information content (AvgIpc) is 3.60. The summed E-state index contributed by atoms with van der Waals surface area (Å²) in [6.45, 7) is 15.0. The van der Waals surface area contributed by atoms with Crippen molar-refractivity contribution in [2.45, 2.75) is 71.3 Å². The molecule has 2 atom stereocenters. The molecule has 3 aromatic carbocycles. The van der Waals surface area contributed by atoms with Crippen molar-refractivity contribution in [3.8, 4) is 11.5 Å². The summed E-state index contributed by atoms with van der Waals surface area (Å²) in [5.74, 6) is 3.36. The second-order valence-corrected chi connectivity index (χ2v) is 17.4. The van der Waals surface area contributed by atoms with Crippen molar-refractivity contribution in [1.29, 1.82) is 0 Å². The number of pyridine rings is 2. The predicted molar refractivity (Wildman–Crippen MR) is 248 cm³/mol. The van der Waals surface area contributed by atoms with E-state index in [-0.39, 0.29) is 29.6 Å². The number of benzene rings is 3. The van der Waals surface area contributed by atoms with Crippen molar-refractivity contribution >= 4 is 23.5 Å². The molecule has 0 aliphatic carbocycles. The van der Waals surface area contributed by atoms with Crippen molar-refractivity contribution in [1.82, 2.24) is 29.6 Å². The molecule has 2 unspecified atom stereocenters. The molecule has 4 aliphatic heterocycles. The van der Waals surface area contributed by atoms with E-state index in [1.165, 1.54) is 28.5 Å². The van der Waals surface area contributed by atoms with Crippen LogP contribution >= 0.6 is 0 Å². The first kappa shape index (κ1) is 43.7. The lowest BCUT2D eigenvalue weighted by Crippen LogP contribution is -2.43. The summed E-state index contributed by atoms with van der Waals surface area (Å²) in [7, 11) is 0. The Labute approximate surface area is 372 Å². The number of aromatic nitrogens is 2. The van der Waals surface area contributed by atoms with Gasteiger partial charge in [0.1, 0.15) is 29.7 Å². The van der Waals surface area contributed by atoms with Crippen LogP contribution in [0.5, 0.6) is 11.5 Å². The summed E-state index contributed by atoms with van der Waals surface area (Å²) in [5.41, 5.74) is 6.03. The first-order chi connectivity index (χ1) is 30.8. The molecule has 2 aromatic heterocycles. The van der Waals surface area contributed by atoms with Crippen molar-refractivity contribution < 1.29 is 19.4 Å². The van der Waals surface area contributed by atoms with Gasteiger partial charge in [0.25, 0.3) is 0 Å². The van der Waals surface area contributed by atoms with Gasteiger partial charge in [0.2, 0.25) is 11.8 Å². The second-order valence-electron chi connectivity index (χ2n) is 17.4. The molecular weight excluding hydrogens is 789 g/mol. The van der Waals surface area contributed by atoms with Gasteiger partial charge in [0.05, 0.1) is 24.5 Å². The fourth-order valence-electron chi connectivity index (χ4n) is 9.17. The lowest BCUT2D eigenvalue weighted by atomic mass is 10.1. The summed E-state index contributed by atoms with van der Waals surface area (Å²) in [4.78, 5) is 48.5. The normalized spacial score (nSPS) is 20.0. The number of rotatable bonds is 11. The summed E-state index contributed by atoms with van der Waals surface area (Å²) in [5, 5.41) is 9.44. The molecule has 0 bridgehead atoms. The molecule has 0 radical (unpaired) electrons. The summed E-state index contributed by atoms with van der Waals surface area (Å²) < 4.78 is 5.88. The molecular formula is C51H62N8O4. The maximum atomic E-state index is 13.2. The van der Waals surface area contributed by atoms with E-state index < -0.39 is 0 Å². The van der Waals surface area contributed by atoms with E-state index in [1.54, 1.807) is 6.07 Å². The molecule has 9 rings (SSSR count). The smallest absolute Gasteiger partial charge is 0.240 e. The zero-order valence-corrected chi connectivity index (χ0v) is 36.9. The van der Waals surface area contributed by atoms with E-state index in [2.05, 4.69) is 104 Å². The standard InChI is InChI=1S/C29H34N4O2.C22H28N4O2/c1-23-8-10-24(11-9-23)21-33-17-14-27(29(33)34)31-15-5-16-32(19-18-31)28-13-12-26(20-30-28)35-22-25-6-3-2-4-7-25;1-17-3-5-18(6-4-17)16-26-12-9-20(22(26)28)24-10-2-11-25(14-13-24)21-8-7-19(27)15-23-21/h2-4,6-13,20,27H,5,14-19,21-22H2,1H3;3-8,15,20,27H,2,9-14,16H2,1H3. The number of hydrogen-bond donors (Lipinski definition) is 1. The maximum Gasteiger partial charge on any atom is 0.240 e. The van der Waals surface area contributed by atoms with Crippen molar-refractivity contribution in [3.05, 3.63) is 143 Å². The highest BCUT2D eigenvalue weighted by atomic mass is 16.5. The Kier molecular flexibility index (Phi) is 14.5. The Hall–Kier alpha value is -5.98. The van der Waals surface area contributed by atoms with Gasteiger partial charge in [-0.3, -0.25) is 19.4 Å². The van der Waals surface area contributed by atoms with Gasteiger partial charge in [0.15, 0.2) is 0 Å². The van der Waals surface area contributed by atoms with Crippen molar-refractivity contribution in [2.75, 3.05) is 75.2 Å². The minimum Gasteiger partial charge on any atom is -0.506 e. The van der Waals surface area contributed by atoms with E-state index in [1.807, 2.05) is 52.4 Å². The molecule has 4 saturated heterocycles. The lowest BCUT2D eigenvalue weighted by Gasteiger charge is -2.27. The van der Waals surface area contributed by atoms with E-state index in [0.29, 0.717) is 19.7 Å². The van der Waals surface area contributed by atoms with Gasteiger partial charge in [-0.15, -0.1) is 0 Å². The van der Waals surface area contributed by atoms with Gasteiger partial charge >= 0.3 is 0 Å². The number of aryl methyl sites for hydroxylation is 2. The number of likely N-dealkylation sites (tertiary alicyclic amines) is 2. The van der Waals surface area contributed by atoms with Crippen LogP contribution in [0.4, 0.5) is 11.6 Å². The second kappa shape index (κ2) is 20.9. The van der Waals surface area contributed by atoms with Crippen LogP contribution in [0.15, 0.2) is 116 Å². The van der Waals surface area contributed by atoms with Crippen LogP contribution in [-0.4, -0.2) is 124 Å². The Bertz CT molecular complexity index is 2220. The largest absolute Gasteiger partial charge is 0.506 e. The molecule has 63 heavy (non-hydrogen) atoms. The first-order valence-corrected chi connectivity index (χ1v) is 22.7. The van der Waals surface area contributed by atoms with Crippen LogP contribution in [0.2, 0.25) is 0 Å². The Morgan fingerprint density at radius 2 is 1.05 bits per heavy atom. The third kappa shape index (κ3) is 11.5. The van der Waals surface area contributed by atoms with Gasteiger partial charge in [-0.05, 0) is 80.5 Å². The number of anilines is 2. The molecule has 0 saturated carbocycles. The predicted octanol–water partition coefficient (Wildman–Crippen LogP) is 6.69. The SMILES string of the molecule is Cc1ccc(CN2CCC(N3CCCN(c4ccc(O)cn4)CC3)C2=O)cc1.Cc1ccc(CN2CCC(N3CCCN(c4ccc(OCc5ccccc5)cn4)CC3)C2=O)cc1. The van der Waals surface area contributed by atoms with Crippen LogP contribution < -0.4 is 14.5 Å². The average molecular weight is 851 g/mol. The third-order valence-corrected chi connectivity index (χ3v) is 12.8. The molecule has 330 valence electrons. The molecule has 12 nitrogen and oxygen atoms in total. The van der Waals surface area contributed by atoms with Gasteiger partial charge in [-0.1, -0.05) is 90.0 Å². The fourth-order valence-corrected chi connectivity index (χ4v) is 9.17. The number of hydrogen-bond acceptors (Lipinski definition) is 10. The number of carbonyl (C=O) groups excluding carboxylic acids is 2. The van der Waals surface area contributed by atoms with Gasteiger partial charge < -0.3 is 29.4 Å². The molecule has 4 aliphatic rings. The minimum absolute atomic E-state index is 0.00169. The number of carbonyl (C=O) groups is 2. The van der Waals surface area contributed by atoms with E-state index in [0.717, 1.165) is 114 Å². The number of aromatic hydroxyl groups is 1. The highest BCUT2D eigenvalue weighted by Gasteiger charge is 2.38. The molecule has 6 heterocycles. The van der Waals surface area contributed by atoms with Crippen LogP contribution in [0.1, 0.15) is 53.5 Å². The Morgan fingerprint density at radius 3 is 1.52 bits per heavy atom. The van der Waals surface area contributed by atoms with Gasteiger partial charge in [0, 0.05) is 78.5 Å². The first-order valence-electron chi connectivity index (χ1n) is 22.7. The van der Waals surface area contributed by atoms with E-state index in [4.69, 9.17) is 4.74 Å². The molecule has 5 aromatic rings. The maximum absolute atomic E-state index is 13.2. The molecule has 0 spiro atoms. The van der Waals surface area contributed by atoms with Crippen LogP contribution in [0, 0.1) is 13.8 Å². The molecule has 12 heteroatoms. The fraction of sp³-hybridized carbons (Fsp3) is 0.412. The Balaban J connectivity index is 0.000000177. The number of amides is 2. The monoisotopic (exact) mass is 850 g/mol.